The van der Waals surface area contributed by atoms with Crippen molar-refractivity contribution in [2.45, 2.75) is 6.92 Å². The fourth-order valence-electron chi connectivity index (χ4n) is 0.941. The Morgan fingerprint density at radius 1 is 1.38 bits per heavy atom. The zero-order valence-corrected chi connectivity index (χ0v) is 10.8. The molecule has 0 fully saturated rings. The first-order valence-electron chi connectivity index (χ1n) is 5.03. The first-order valence-corrected chi connectivity index (χ1v) is 6.18. The van der Waals surface area contributed by atoms with Gasteiger partial charge in [0.1, 0.15) is 0 Å². The molecule has 0 radical (unpaired) electrons. The summed E-state index contributed by atoms with van der Waals surface area (Å²) in [5.74, 6) is 0.475. The van der Waals surface area contributed by atoms with Gasteiger partial charge in [0.05, 0.1) is 25.4 Å². The molecule has 94 valence electrons. The van der Waals surface area contributed by atoms with Gasteiger partial charge in [-0.15, -0.1) is 0 Å². The van der Waals surface area contributed by atoms with Crippen molar-refractivity contribution < 1.29 is 19.1 Å². The van der Waals surface area contributed by atoms with E-state index < -0.39 is 0 Å². The van der Waals surface area contributed by atoms with E-state index in [0.29, 0.717) is 24.7 Å². The van der Waals surface area contributed by atoms with Gasteiger partial charge in [0.25, 0.3) is 0 Å². The standard InChI is InChI=1S/C10H19NO4S/c1-8(10(13)15-3)6-16-7-9(12)11-4-5-14-2/h8H,4-7H2,1-3H3,(H,11,12). The number of rotatable bonds is 8. The van der Waals surface area contributed by atoms with E-state index in [4.69, 9.17) is 4.74 Å². The summed E-state index contributed by atoms with van der Waals surface area (Å²) in [7, 11) is 2.94. The molecular formula is C10H19NO4S. The van der Waals surface area contributed by atoms with E-state index in [-0.39, 0.29) is 17.8 Å². The largest absolute Gasteiger partial charge is 0.469 e. The molecule has 1 amide bonds. The first-order chi connectivity index (χ1) is 7.61. The molecule has 0 aromatic rings. The fourth-order valence-corrected chi connectivity index (χ4v) is 1.84. The molecule has 16 heavy (non-hydrogen) atoms. The molecule has 0 aromatic carbocycles. The van der Waals surface area contributed by atoms with E-state index in [2.05, 4.69) is 10.1 Å². The third-order valence-electron chi connectivity index (χ3n) is 1.83. The van der Waals surface area contributed by atoms with E-state index in [1.54, 1.807) is 14.0 Å². The molecular weight excluding hydrogens is 230 g/mol. The third-order valence-corrected chi connectivity index (χ3v) is 3.03. The average Bonchev–Trinajstić information content (AvgIpc) is 2.28. The van der Waals surface area contributed by atoms with Crippen molar-refractivity contribution >= 4 is 23.6 Å². The summed E-state index contributed by atoms with van der Waals surface area (Å²) in [5, 5.41) is 2.70. The lowest BCUT2D eigenvalue weighted by Gasteiger charge is -2.08. The van der Waals surface area contributed by atoms with Crippen molar-refractivity contribution in [2.24, 2.45) is 5.92 Å². The molecule has 0 aliphatic heterocycles. The van der Waals surface area contributed by atoms with Crippen molar-refractivity contribution in [1.82, 2.24) is 5.32 Å². The topological polar surface area (TPSA) is 64.6 Å². The maximum atomic E-state index is 11.2. The summed E-state index contributed by atoms with van der Waals surface area (Å²) in [4.78, 5) is 22.3. The highest BCUT2D eigenvalue weighted by Crippen LogP contribution is 2.09. The number of hydrogen-bond acceptors (Lipinski definition) is 5. The zero-order valence-electron chi connectivity index (χ0n) is 9.95. The van der Waals surface area contributed by atoms with Crippen LogP contribution in [0.2, 0.25) is 0 Å². The normalized spacial score (nSPS) is 11.9. The van der Waals surface area contributed by atoms with E-state index in [9.17, 15) is 9.59 Å². The molecule has 0 spiro atoms. The predicted molar refractivity (Wildman–Crippen MR) is 63.4 cm³/mol. The molecule has 0 aliphatic carbocycles. The lowest BCUT2D eigenvalue weighted by atomic mass is 10.2. The fraction of sp³-hybridized carbons (Fsp3) is 0.800. The first kappa shape index (κ1) is 15.2. The van der Waals surface area contributed by atoms with Crippen LogP contribution in [0.5, 0.6) is 0 Å². The summed E-state index contributed by atoms with van der Waals surface area (Å²) in [6.07, 6.45) is 0. The summed E-state index contributed by atoms with van der Waals surface area (Å²) < 4.78 is 9.38. The number of esters is 1. The van der Waals surface area contributed by atoms with Gasteiger partial charge in [-0.05, 0) is 0 Å². The minimum Gasteiger partial charge on any atom is -0.469 e. The number of carbonyl (C=O) groups is 2. The van der Waals surface area contributed by atoms with Gasteiger partial charge >= 0.3 is 5.97 Å². The van der Waals surface area contributed by atoms with Crippen molar-refractivity contribution in [3.63, 3.8) is 0 Å². The second-order valence-electron chi connectivity index (χ2n) is 3.28. The Balaban J connectivity index is 3.50. The van der Waals surface area contributed by atoms with Gasteiger partial charge in [-0.1, -0.05) is 6.92 Å². The summed E-state index contributed by atoms with van der Waals surface area (Å²) >= 11 is 1.42. The number of ether oxygens (including phenoxy) is 2. The molecule has 6 heteroatoms. The number of hydrogen-bond donors (Lipinski definition) is 1. The van der Waals surface area contributed by atoms with Crippen LogP contribution in [0.25, 0.3) is 0 Å². The van der Waals surface area contributed by atoms with Crippen LogP contribution in [0.15, 0.2) is 0 Å². The Hall–Kier alpha value is -0.750. The molecule has 0 rings (SSSR count). The molecule has 1 unspecified atom stereocenters. The van der Waals surface area contributed by atoms with Crippen LogP contribution in [-0.4, -0.2) is 50.8 Å². The highest BCUT2D eigenvalue weighted by molar-refractivity contribution is 7.99. The lowest BCUT2D eigenvalue weighted by Crippen LogP contribution is -2.29. The van der Waals surface area contributed by atoms with E-state index in [0.717, 1.165) is 0 Å². The Kier molecular flexibility index (Phi) is 9.03. The predicted octanol–water partition coefficient (Wildman–Crippen LogP) is 0.291. The minimum absolute atomic E-state index is 0.0425. The SMILES string of the molecule is COCCNC(=O)CSCC(C)C(=O)OC. The van der Waals surface area contributed by atoms with Gasteiger partial charge in [-0.25, -0.2) is 0 Å². The van der Waals surface area contributed by atoms with Gasteiger partial charge in [0, 0.05) is 19.4 Å². The number of amides is 1. The van der Waals surface area contributed by atoms with Crippen LogP contribution >= 0.6 is 11.8 Å². The molecule has 1 N–H and O–H groups in total. The van der Waals surface area contributed by atoms with Crippen LogP contribution in [0.4, 0.5) is 0 Å². The third kappa shape index (κ3) is 7.53. The van der Waals surface area contributed by atoms with Crippen LogP contribution in [0, 0.1) is 5.92 Å². The van der Waals surface area contributed by atoms with Crippen molar-refractivity contribution in [3.8, 4) is 0 Å². The zero-order chi connectivity index (χ0) is 12.4. The molecule has 0 aliphatic rings. The van der Waals surface area contributed by atoms with E-state index in [1.807, 2.05) is 0 Å². The van der Waals surface area contributed by atoms with Crippen LogP contribution in [-0.2, 0) is 19.1 Å². The van der Waals surface area contributed by atoms with Gasteiger partial charge in [-0.3, -0.25) is 9.59 Å². The molecule has 5 nitrogen and oxygen atoms in total. The monoisotopic (exact) mass is 249 g/mol. The van der Waals surface area contributed by atoms with Crippen LogP contribution < -0.4 is 5.32 Å². The van der Waals surface area contributed by atoms with E-state index in [1.165, 1.54) is 18.9 Å². The van der Waals surface area contributed by atoms with Crippen molar-refractivity contribution in [1.29, 1.82) is 0 Å². The average molecular weight is 249 g/mol. The second-order valence-corrected chi connectivity index (χ2v) is 4.31. The smallest absolute Gasteiger partial charge is 0.309 e. The Labute approximate surface area is 100 Å². The van der Waals surface area contributed by atoms with Gasteiger partial charge in [0.2, 0.25) is 5.91 Å². The quantitative estimate of drug-likeness (QED) is 0.495. The highest BCUT2D eigenvalue weighted by atomic mass is 32.2. The molecule has 0 heterocycles. The molecule has 1 atom stereocenters. The molecule has 0 aromatic heterocycles. The Morgan fingerprint density at radius 2 is 2.06 bits per heavy atom. The Morgan fingerprint density at radius 3 is 2.62 bits per heavy atom. The molecule has 0 bridgehead atoms. The summed E-state index contributed by atoms with van der Waals surface area (Å²) in [6.45, 7) is 2.80. The van der Waals surface area contributed by atoms with Gasteiger partial charge in [0.15, 0.2) is 0 Å². The minimum atomic E-state index is -0.243. The number of methoxy groups -OCH3 is 2. The number of nitrogens with one attached hydrogen (secondary N) is 1. The Bertz CT molecular complexity index is 223. The van der Waals surface area contributed by atoms with Crippen LogP contribution in [0.3, 0.4) is 0 Å². The highest BCUT2D eigenvalue weighted by Gasteiger charge is 2.13. The van der Waals surface area contributed by atoms with E-state index >= 15 is 0 Å². The van der Waals surface area contributed by atoms with Crippen molar-refractivity contribution in [2.75, 3.05) is 38.9 Å². The number of carbonyl (C=O) groups excluding carboxylic acids is 2. The lowest BCUT2D eigenvalue weighted by molar-refractivity contribution is -0.144. The van der Waals surface area contributed by atoms with Crippen molar-refractivity contribution in [3.05, 3.63) is 0 Å². The van der Waals surface area contributed by atoms with Gasteiger partial charge in [-0.2, -0.15) is 11.8 Å². The second kappa shape index (κ2) is 9.47. The molecule has 0 saturated heterocycles. The molecule has 0 saturated carbocycles. The number of thioether (sulfide) groups is 1. The van der Waals surface area contributed by atoms with Gasteiger partial charge < -0.3 is 14.8 Å². The summed E-state index contributed by atoms with van der Waals surface area (Å²) in [5.41, 5.74) is 0. The maximum Gasteiger partial charge on any atom is 0.309 e. The maximum absolute atomic E-state index is 11.2. The summed E-state index contributed by atoms with van der Waals surface area (Å²) in [6, 6.07) is 0. The van der Waals surface area contributed by atoms with Crippen LogP contribution in [0.1, 0.15) is 6.92 Å².